The predicted octanol–water partition coefficient (Wildman–Crippen LogP) is 3.25. The van der Waals surface area contributed by atoms with E-state index in [-0.39, 0.29) is 0 Å². The quantitative estimate of drug-likeness (QED) is 0.885. The van der Waals surface area contributed by atoms with Gasteiger partial charge in [-0.3, -0.25) is 0 Å². The molecule has 1 aliphatic carbocycles. The minimum absolute atomic E-state index is 0.770. The highest BCUT2D eigenvalue weighted by atomic mass is 15.1. The highest BCUT2D eigenvalue weighted by Crippen LogP contribution is 2.36. The molecule has 2 aliphatic rings. The van der Waals surface area contributed by atoms with Gasteiger partial charge in [0, 0.05) is 6.04 Å². The summed E-state index contributed by atoms with van der Waals surface area (Å²) in [5, 5.41) is 3.76. The van der Waals surface area contributed by atoms with Gasteiger partial charge < -0.3 is 10.2 Å². The van der Waals surface area contributed by atoms with Crippen molar-refractivity contribution in [2.75, 3.05) is 26.7 Å². The highest BCUT2D eigenvalue weighted by Gasteiger charge is 2.29. The maximum Gasteiger partial charge on any atom is 0.00787 e. The Hall–Kier alpha value is -0.860. The average molecular weight is 272 g/mol. The maximum atomic E-state index is 3.76. The van der Waals surface area contributed by atoms with E-state index in [4.69, 9.17) is 0 Å². The second-order valence-corrected chi connectivity index (χ2v) is 6.77. The molecule has 3 rings (SSSR count). The van der Waals surface area contributed by atoms with E-state index in [1.807, 2.05) is 0 Å². The molecule has 20 heavy (non-hydrogen) atoms. The van der Waals surface area contributed by atoms with Crippen molar-refractivity contribution in [1.82, 2.24) is 10.2 Å². The average Bonchev–Trinajstić information content (AvgIpc) is 2.44. The van der Waals surface area contributed by atoms with E-state index in [1.165, 1.54) is 57.3 Å². The summed E-state index contributed by atoms with van der Waals surface area (Å²) in [7, 11) is 2.24. The summed E-state index contributed by atoms with van der Waals surface area (Å²) >= 11 is 0. The molecule has 0 amide bonds. The Balaban J connectivity index is 1.30. The summed E-state index contributed by atoms with van der Waals surface area (Å²) in [6.07, 6.45) is 6.83. The minimum atomic E-state index is 0.770. The Kier molecular flexibility index (Phi) is 4.74. The first-order chi connectivity index (χ1) is 9.81. The van der Waals surface area contributed by atoms with Crippen molar-refractivity contribution in [3.63, 3.8) is 0 Å². The van der Waals surface area contributed by atoms with Gasteiger partial charge >= 0.3 is 0 Å². The lowest BCUT2D eigenvalue weighted by Crippen LogP contribution is -2.41. The molecule has 0 atom stereocenters. The van der Waals surface area contributed by atoms with Crippen LogP contribution in [0.15, 0.2) is 30.3 Å². The van der Waals surface area contributed by atoms with Gasteiger partial charge in [-0.05, 0) is 76.2 Å². The Labute approximate surface area is 123 Å². The summed E-state index contributed by atoms with van der Waals surface area (Å²) in [5.41, 5.74) is 1.53. The monoisotopic (exact) mass is 272 g/mol. The molecule has 0 aromatic heterocycles. The molecule has 1 aromatic rings. The molecule has 110 valence electrons. The van der Waals surface area contributed by atoms with Gasteiger partial charge in [-0.25, -0.2) is 0 Å². The van der Waals surface area contributed by atoms with Crippen molar-refractivity contribution in [3.8, 4) is 0 Å². The second-order valence-electron chi connectivity index (χ2n) is 6.77. The SMILES string of the molecule is CN1CCC(CCNC2CC(c3ccccc3)C2)CC1. The van der Waals surface area contributed by atoms with Crippen LogP contribution in [0.1, 0.15) is 43.6 Å². The van der Waals surface area contributed by atoms with E-state index in [0.29, 0.717) is 0 Å². The summed E-state index contributed by atoms with van der Waals surface area (Å²) in [4.78, 5) is 2.46. The van der Waals surface area contributed by atoms with Crippen molar-refractivity contribution in [2.45, 2.75) is 44.1 Å². The number of hydrogen-bond donors (Lipinski definition) is 1. The molecule has 1 saturated carbocycles. The Bertz CT molecular complexity index is 389. The Morgan fingerprint density at radius 2 is 1.80 bits per heavy atom. The molecule has 1 aliphatic heterocycles. The third-order valence-electron chi connectivity index (χ3n) is 5.23. The fourth-order valence-corrected chi connectivity index (χ4v) is 3.62. The fourth-order valence-electron chi connectivity index (χ4n) is 3.62. The topological polar surface area (TPSA) is 15.3 Å². The van der Waals surface area contributed by atoms with Crippen LogP contribution in [0, 0.1) is 5.92 Å². The van der Waals surface area contributed by atoms with Gasteiger partial charge in [0.15, 0.2) is 0 Å². The fraction of sp³-hybridized carbons (Fsp3) is 0.667. The van der Waals surface area contributed by atoms with Crippen molar-refractivity contribution < 1.29 is 0 Å². The second kappa shape index (κ2) is 6.73. The zero-order valence-corrected chi connectivity index (χ0v) is 12.7. The third kappa shape index (κ3) is 3.62. The molecular weight excluding hydrogens is 244 g/mol. The number of rotatable bonds is 5. The van der Waals surface area contributed by atoms with Crippen LogP contribution >= 0.6 is 0 Å². The number of hydrogen-bond acceptors (Lipinski definition) is 2. The van der Waals surface area contributed by atoms with Crippen molar-refractivity contribution >= 4 is 0 Å². The molecule has 1 saturated heterocycles. The van der Waals surface area contributed by atoms with Crippen LogP contribution in [0.3, 0.4) is 0 Å². The van der Waals surface area contributed by atoms with E-state index in [2.05, 4.69) is 47.6 Å². The zero-order valence-electron chi connectivity index (χ0n) is 12.7. The van der Waals surface area contributed by atoms with Gasteiger partial charge in [-0.15, -0.1) is 0 Å². The third-order valence-corrected chi connectivity index (χ3v) is 5.23. The van der Waals surface area contributed by atoms with E-state index >= 15 is 0 Å². The number of nitrogens with one attached hydrogen (secondary N) is 1. The molecule has 2 heteroatoms. The van der Waals surface area contributed by atoms with Gasteiger partial charge in [0.1, 0.15) is 0 Å². The lowest BCUT2D eigenvalue weighted by molar-refractivity contribution is 0.205. The van der Waals surface area contributed by atoms with Crippen molar-refractivity contribution in [3.05, 3.63) is 35.9 Å². The van der Waals surface area contributed by atoms with Crippen molar-refractivity contribution in [2.24, 2.45) is 5.92 Å². The van der Waals surface area contributed by atoms with Gasteiger partial charge in [0.25, 0.3) is 0 Å². The summed E-state index contributed by atoms with van der Waals surface area (Å²) < 4.78 is 0. The molecule has 0 spiro atoms. The van der Waals surface area contributed by atoms with E-state index in [9.17, 15) is 0 Å². The van der Waals surface area contributed by atoms with Crippen LogP contribution in [-0.2, 0) is 0 Å². The smallest absolute Gasteiger partial charge is 0.00787 e. The Morgan fingerprint density at radius 3 is 2.50 bits per heavy atom. The number of likely N-dealkylation sites (tertiary alicyclic amines) is 1. The molecule has 0 bridgehead atoms. The largest absolute Gasteiger partial charge is 0.314 e. The number of nitrogens with zero attached hydrogens (tertiary/aromatic N) is 1. The van der Waals surface area contributed by atoms with E-state index in [1.54, 1.807) is 0 Å². The van der Waals surface area contributed by atoms with Gasteiger partial charge in [-0.1, -0.05) is 30.3 Å². The first-order valence-corrected chi connectivity index (χ1v) is 8.28. The molecule has 1 heterocycles. The summed E-state index contributed by atoms with van der Waals surface area (Å²) in [6, 6.07) is 11.8. The molecule has 0 unspecified atom stereocenters. The normalized spacial score (nSPS) is 28.2. The molecule has 2 fully saturated rings. The first-order valence-electron chi connectivity index (χ1n) is 8.28. The maximum absolute atomic E-state index is 3.76. The molecular formula is C18H28N2. The summed E-state index contributed by atoms with van der Waals surface area (Å²) in [5.74, 6) is 1.76. The highest BCUT2D eigenvalue weighted by molar-refractivity contribution is 5.22. The standard InChI is InChI=1S/C18H28N2/c1-20-11-8-15(9-12-20)7-10-19-18-13-17(14-18)16-5-3-2-4-6-16/h2-6,15,17-19H,7-14H2,1H3. The number of piperidine rings is 1. The molecule has 1 N–H and O–H groups in total. The van der Waals surface area contributed by atoms with Crippen LogP contribution in [-0.4, -0.2) is 37.6 Å². The first kappa shape index (κ1) is 14.1. The van der Waals surface area contributed by atoms with Crippen LogP contribution in [0.5, 0.6) is 0 Å². The van der Waals surface area contributed by atoms with Gasteiger partial charge in [-0.2, -0.15) is 0 Å². The summed E-state index contributed by atoms with van der Waals surface area (Å²) in [6.45, 7) is 3.81. The van der Waals surface area contributed by atoms with Gasteiger partial charge in [0.2, 0.25) is 0 Å². The van der Waals surface area contributed by atoms with Crippen LogP contribution in [0.2, 0.25) is 0 Å². The zero-order chi connectivity index (χ0) is 13.8. The number of benzene rings is 1. The van der Waals surface area contributed by atoms with E-state index < -0.39 is 0 Å². The molecule has 1 aromatic carbocycles. The van der Waals surface area contributed by atoms with E-state index in [0.717, 1.165) is 17.9 Å². The van der Waals surface area contributed by atoms with Crippen molar-refractivity contribution in [1.29, 1.82) is 0 Å². The molecule has 0 radical (unpaired) electrons. The lowest BCUT2D eigenvalue weighted by atomic mass is 9.76. The van der Waals surface area contributed by atoms with Crippen LogP contribution in [0.25, 0.3) is 0 Å². The minimum Gasteiger partial charge on any atom is -0.314 e. The predicted molar refractivity (Wildman–Crippen MR) is 85.0 cm³/mol. The lowest BCUT2D eigenvalue weighted by Gasteiger charge is -2.37. The molecule has 2 nitrogen and oxygen atoms in total. The van der Waals surface area contributed by atoms with Gasteiger partial charge in [0.05, 0.1) is 0 Å². The Morgan fingerprint density at radius 1 is 1.10 bits per heavy atom. The van der Waals surface area contributed by atoms with Crippen LogP contribution < -0.4 is 5.32 Å². The van der Waals surface area contributed by atoms with Crippen LogP contribution in [0.4, 0.5) is 0 Å².